The van der Waals surface area contributed by atoms with E-state index in [2.05, 4.69) is 10.4 Å². The van der Waals surface area contributed by atoms with Crippen molar-refractivity contribution in [1.82, 2.24) is 9.29 Å². The minimum absolute atomic E-state index is 0.0975. The Morgan fingerprint density at radius 1 is 1.32 bits per heavy atom. The molecule has 1 rings (SSSR count). The number of nitrogens with one attached hydrogen (secondary N) is 1. The van der Waals surface area contributed by atoms with Gasteiger partial charge >= 0.3 is 0 Å². The van der Waals surface area contributed by atoms with Crippen molar-refractivity contribution in [2.45, 2.75) is 38.6 Å². The summed E-state index contributed by atoms with van der Waals surface area (Å²) in [5.41, 5.74) is 2.37. The fourth-order valence-corrected chi connectivity index (χ4v) is 3.45. The summed E-state index contributed by atoms with van der Waals surface area (Å²) in [5, 5.41) is 0. The molecule has 0 aliphatic rings. The fourth-order valence-electron chi connectivity index (χ4n) is 1.70. The number of hydrazine groups is 1. The van der Waals surface area contributed by atoms with Crippen LogP contribution < -0.4 is 11.3 Å². The Bertz CT molecular complexity index is 497. The Labute approximate surface area is 115 Å². The van der Waals surface area contributed by atoms with Crippen molar-refractivity contribution in [3.8, 4) is 0 Å². The summed E-state index contributed by atoms with van der Waals surface area (Å²) in [6, 6.07) is 2.95. The van der Waals surface area contributed by atoms with Crippen LogP contribution in [0.5, 0.6) is 0 Å². The topological polar surface area (TPSA) is 88.3 Å². The molecule has 0 saturated carbocycles. The summed E-state index contributed by atoms with van der Waals surface area (Å²) < 4.78 is 26.6. The Balaban J connectivity index is 3.11. The lowest BCUT2D eigenvalue weighted by Crippen LogP contribution is -2.39. The lowest BCUT2D eigenvalue weighted by molar-refractivity contribution is 0.319. The number of nitrogens with two attached hydrogens (primary N) is 1. The van der Waals surface area contributed by atoms with Crippen molar-refractivity contribution in [2.75, 3.05) is 12.0 Å². The number of nitrogens with zero attached hydrogens (tertiary/aromatic N) is 2. The molecule has 19 heavy (non-hydrogen) atoms. The zero-order valence-corrected chi connectivity index (χ0v) is 12.6. The molecule has 6 nitrogen and oxygen atoms in total. The highest BCUT2D eigenvalue weighted by Crippen LogP contribution is 2.19. The molecule has 1 aromatic heterocycles. The van der Waals surface area contributed by atoms with Crippen molar-refractivity contribution in [3.63, 3.8) is 0 Å². The van der Waals surface area contributed by atoms with Gasteiger partial charge in [0.2, 0.25) is 10.0 Å². The van der Waals surface area contributed by atoms with Gasteiger partial charge in [0.05, 0.1) is 0 Å². The van der Waals surface area contributed by atoms with Crippen LogP contribution in [0.1, 0.15) is 27.7 Å². The molecule has 108 valence electrons. The van der Waals surface area contributed by atoms with Gasteiger partial charge in [0, 0.05) is 18.8 Å². The van der Waals surface area contributed by atoms with Crippen LogP contribution >= 0.6 is 0 Å². The summed E-state index contributed by atoms with van der Waals surface area (Å²) >= 11 is 0. The molecule has 0 radical (unpaired) electrons. The summed E-state index contributed by atoms with van der Waals surface area (Å²) in [7, 11) is -3.52. The molecule has 0 amide bonds. The molecule has 0 aromatic carbocycles. The third kappa shape index (κ3) is 3.89. The molecule has 1 aromatic rings. The number of hydrogen-bond acceptors (Lipinski definition) is 5. The highest BCUT2D eigenvalue weighted by molar-refractivity contribution is 7.89. The van der Waals surface area contributed by atoms with E-state index in [1.807, 2.05) is 27.7 Å². The summed E-state index contributed by atoms with van der Waals surface area (Å²) in [6.45, 7) is 8.19. The number of aromatic nitrogens is 1. The van der Waals surface area contributed by atoms with E-state index in [0.717, 1.165) is 0 Å². The van der Waals surface area contributed by atoms with Crippen molar-refractivity contribution in [1.29, 1.82) is 0 Å². The average molecular weight is 286 g/mol. The van der Waals surface area contributed by atoms with E-state index in [0.29, 0.717) is 12.4 Å². The quantitative estimate of drug-likeness (QED) is 0.610. The molecule has 0 aliphatic carbocycles. The standard InChI is InChI=1S/C12H22N4O2S/c1-9(2)8-16(10(3)4)19(17,18)11-5-6-12(15-13)14-7-11/h5-7,9-10H,8,13H2,1-4H3,(H,14,15). The second-order valence-electron chi connectivity index (χ2n) is 5.09. The first kappa shape index (κ1) is 15.9. The molecule has 0 saturated heterocycles. The van der Waals surface area contributed by atoms with E-state index in [1.54, 1.807) is 6.07 Å². The maximum Gasteiger partial charge on any atom is 0.244 e. The molecule has 7 heteroatoms. The molecule has 0 atom stereocenters. The highest BCUT2D eigenvalue weighted by atomic mass is 32.2. The Morgan fingerprint density at radius 3 is 2.32 bits per heavy atom. The van der Waals surface area contributed by atoms with Crippen molar-refractivity contribution in [2.24, 2.45) is 11.8 Å². The molecular weight excluding hydrogens is 264 g/mol. The molecule has 0 spiro atoms. The minimum atomic E-state index is -3.52. The van der Waals surface area contributed by atoms with Crippen LogP contribution in [-0.4, -0.2) is 30.3 Å². The number of nitrogen functional groups attached to an aromatic ring is 1. The maximum atomic E-state index is 12.5. The third-order valence-corrected chi connectivity index (χ3v) is 4.64. The highest BCUT2D eigenvalue weighted by Gasteiger charge is 2.27. The fraction of sp³-hybridized carbons (Fsp3) is 0.583. The van der Waals surface area contributed by atoms with Crippen LogP contribution in [0.4, 0.5) is 5.82 Å². The van der Waals surface area contributed by atoms with Gasteiger partial charge in [-0.05, 0) is 31.9 Å². The van der Waals surface area contributed by atoms with Gasteiger partial charge < -0.3 is 5.43 Å². The van der Waals surface area contributed by atoms with E-state index in [-0.39, 0.29) is 16.9 Å². The van der Waals surface area contributed by atoms with Crippen LogP contribution in [0.2, 0.25) is 0 Å². The Hall–Kier alpha value is -1.18. The smallest absolute Gasteiger partial charge is 0.244 e. The Kier molecular flexibility index (Phi) is 5.28. The molecule has 0 bridgehead atoms. The van der Waals surface area contributed by atoms with Gasteiger partial charge in [0.25, 0.3) is 0 Å². The first-order valence-electron chi connectivity index (χ1n) is 6.23. The predicted molar refractivity (Wildman–Crippen MR) is 75.9 cm³/mol. The van der Waals surface area contributed by atoms with Gasteiger partial charge in [0.1, 0.15) is 10.7 Å². The van der Waals surface area contributed by atoms with Gasteiger partial charge in [-0.15, -0.1) is 0 Å². The number of anilines is 1. The SMILES string of the molecule is CC(C)CN(C(C)C)S(=O)(=O)c1ccc(NN)nc1. The second kappa shape index (κ2) is 6.31. The first-order valence-corrected chi connectivity index (χ1v) is 7.67. The van der Waals surface area contributed by atoms with Crippen molar-refractivity contribution >= 4 is 15.8 Å². The lowest BCUT2D eigenvalue weighted by Gasteiger charge is -2.27. The molecule has 1 heterocycles. The third-order valence-electron chi connectivity index (χ3n) is 2.61. The van der Waals surface area contributed by atoms with E-state index < -0.39 is 10.0 Å². The van der Waals surface area contributed by atoms with Crippen LogP contribution in [-0.2, 0) is 10.0 Å². The van der Waals surface area contributed by atoms with E-state index in [1.165, 1.54) is 16.6 Å². The summed E-state index contributed by atoms with van der Waals surface area (Å²) in [6.07, 6.45) is 1.32. The van der Waals surface area contributed by atoms with Gasteiger partial charge in [-0.2, -0.15) is 4.31 Å². The van der Waals surface area contributed by atoms with E-state index in [9.17, 15) is 8.42 Å². The van der Waals surface area contributed by atoms with Crippen LogP contribution in [0.15, 0.2) is 23.2 Å². The molecule has 3 N–H and O–H groups in total. The van der Waals surface area contributed by atoms with Crippen LogP contribution in [0, 0.1) is 5.92 Å². The van der Waals surface area contributed by atoms with Crippen molar-refractivity contribution < 1.29 is 8.42 Å². The average Bonchev–Trinajstić information content (AvgIpc) is 2.35. The maximum absolute atomic E-state index is 12.5. The normalized spacial score (nSPS) is 12.4. The van der Waals surface area contributed by atoms with E-state index >= 15 is 0 Å². The first-order chi connectivity index (χ1) is 8.78. The molecular formula is C12H22N4O2S. The van der Waals surface area contributed by atoms with Crippen molar-refractivity contribution in [3.05, 3.63) is 18.3 Å². The monoisotopic (exact) mass is 286 g/mol. The van der Waals surface area contributed by atoms with Gasteiger partial charge in [-0.1, -0.05) is 13.8 Å². The summed E-state index contributed by atoms with van der Waals surface area (Å²) in [4.78, 5) is 4.12. The largest absolute Gasteiger partial charge is 0.308 e. The zero-order chi connectivity index (χ0) is 14.6. The molecule has 0 aliphatic heterocycles. The molecule has 0 unspecified atom stereocenters. The van der Waals surface area contributed by atoms with E-state index in [4.69, 9.17) is 5.84 Å². The van der Waals surface area contributed by atoms with Gasteiger partial charge in [-0.3, -0.25) is 0 Å². The Morgan fingerprint density at radius 2 is 1.95 bits per heavy atom. The van der Waals surface area contributed by atoms with Crippen LogP contribution in [0.25, 0.3) is 0 Å². The van der Waals surface area contributed by atoms with Crippen LogP contribution in [0.3, 0.4) is 0 Å². The molecule has 0 fully saturated rings. The minimum Gasteiger partial charge on any atom is -0.308 e. The second-order valence-corrected chi connectivity index (χ2v) is 6.98. The number of rotatable bonds is 6. The number of sulfonamides is 1. The van der Waals surface area contributed by atoms with Gasteiger partial charge in [0.15, 0.2) is 0 Å². The summed E-state index contributed by atoms with van der Waals surface area (Å²) in [5.74, 6) is 5.90. The van der Waals surface area contributed by atoms with Gasteiger partial charge in [-0.25, -0.2) is 19.2 Å². The number of pyridine rings is 1. The zero-order valence-electron chi connectivity index (χ0n) is 11.8. The number of hydrogen-bond donors (Lipinski definition) is 2. The predicted octanol–water partition coefficient (Wildman–Crippen LogP) is 1.42. The lowest BCUT2D eigenvalue weighted by atomic mass is 10.2.